The predicted octanol–water partition coefficient (Wildman–Crippen LogP) is 1.85. The van der Waals surface area contributed by atoms with Crippen LogP contribution in [0.2, 0.25) is 0 Å². The highest BCUT2D eigenvalue weighted by Crippen LogP contribution is 2.44. The second-order valence-electron chi connectivity index (χ2n) is 4.21. The number of carbonyl (C=O) groups excluding carboxylic acids is 1. The number of amides is 1. The number of allylic oxidation sites excluding steroid dienone is 2. The smallest absolute Gasteiger partial charge is 0.217 e. The zero-order valence-electron chi connectivity index (χ0n) is 8.05. The molecule has 0 heterocycles. The van der Waals surface area contributed by atoms with Crippen LogP contribution in [-0.4, -0.2) is 5.91 Å². The second kappa shape index (κ2) is 2.92. The lowest BCUT2D eigenvalue weighted by atomic mass is 9.76. The number of rotatable bonds is 2. The van der Waals surface area contributed by atoms with E-state index in [1.165, 1.54) is 5.57 Å². The van der Waals surface area contributed by atoms with E-state index in [0.717, 1.165) is 6.42 Å². The first-order valence-electron chi connectivity index (χ1n) is 4.40. The molecule has 0 aromatic rings. The van der Waals surface area contributed by atoms with Crippen molar-refractivity contribution in [2.45, 2.75) is 33.6 Å². The highest BCUT2D eigenvalue weighted by Gasteiger charge is 2.35. The molecule has 1 unspecified atom stereocenters. The molecule has 2 N–H and O–H groups in total. The van der Waals surface area contributed by atoms with Gasteiger partial charge in [0.1, 0.15) is 0 Å². The van der Waals surface area contributed by atoms with Gasteiger partial charge in [-0.15, -0.1) is 0 Å². The van der Waals surface area contributed by atoms with Crippen molar-refractivity contribution in [3.05, 3.63) is 11.6 Å². The number of carbonyl (C=O) groups is 1. The summed E-state index contributed by atoms with van der Waals surface area (Å²) in [7, 11) is 0. The summed E-state index contributed by atoms with van der Waals surface area (Å²) in [6, 6.07) is 0. The van der Waals surface area contributed by atoms with E-state index in [1.807, 2.05) is 0 Å². The van der Waals surface area contributed by atoms with Gasteiger partial charge in [-0.1, -0.05) is 25.5 Å². The molecule has 0 fully saturated rings. The van der Waals surface area contributed by atoms with Crippen LogP contribution in [0.4, 0.5) is 0 Å². The molecule has 2 nitrogen and oxygen atoms in total. The van der Waals surface area contributed by atoms with Crippen LogP contribution in [0.25, 0.3) is 0 Å². The molecule has 2 heteroatoms. The Morgan fingerprint density at radius 2 is 2.33 bits per heavy atom. The van der Waals surface area contributed by atoms with E-state index in [9.17, 15) is 4.79 Å². The van der Waals surface area contributed by atoms with Crippen LogP contribution in [0.15, 0.2) is 11.6 Å². The highest BCUT2D eigenvalue weighted by atomic mass is 16.1. The van der Waals surface area contributed by atoms with Gasteiger partial charge in [-0.25, -0.2) is 0 Å². The van der Waals surface area contributed by atoms with Crippen molar-refractivity contribution in [2.24, 2.45) is 17.1 Å². The minimum absolute atomic E-state index is 0.162. The first kappa shape index (κ1) is 9.30. The molecule has 0 aromatic carbocycles. The monoisotopic (exact) mass is 167 g/mol. The Morgan fingerprint density at radius 1 is 1.75 bits per heavy atom. The van der Waals surface area contributed by atoms with E-state index in [4.69, 9.17) is 5.73 Å². The van der Waals surface area contributed by atoms with Crippen molar-refractivity contribution < 1.29 is 4.79 Å². The SMILES string of the molecule is CC1=CCC(CC(N)=O)C1(C)C. The Hall–Kier alpha value is -0.790. The van der Waals surface area contributed by atoms with E-state index in [-0.39, 0.29) is 11.3 Å². The van der Waals surface area contributed by atoms with Gasteiger partial charge in [0.2, 0.25) is 5.91 Å². The summed E-state index contributed by atoms with van der Waals surface area (Å²) >= 11 is 0. The topological polar surface area (TPSA) is 43.1 Å². The normalized spacial score (nSPS) is 26.9. The molecule has 0 aliphatic heterocycles. The Balaban J connectivity index is 2.67. The maximum absolute atomic E-state index is 10.7. The van der Waals surface area contributed by atoms with Crippen molar-refractivity contribution in [3.63, 3.8) is 0 Å². The van der Waals surface area contributed by atoms with Crippen LogP contribution in [0.3, 0.4) is 0 Å². The quantitative estimate of drug-likeness (QED) is 0.627. The van der Waals surface area contributed by atoms with Crippen molar-refractivity contribution in [2.75, 3.05) is 0 Å². The van der Waals surface area contributed by atoms with Gasteiger partial charge in [-0.3, -0.25) is 4.79 Å². The van der Waals surface area contributed by atoms with E-state index in [0.29, 0.717) is 12.3 Å². The van der Waals surface area contributed by atoms with Gasteiger partial charge < -0.3 is 5.73 Å². The molecule has 68 valence electrons. The van der Waals surface area contributed by atoms with Gasteiger partial charge in [0.25, 0.3) is 0 Å². The molecule has 1 amide bonds. The Bertz CT molecular complexity index is 228. The molecule has 1 atom stereocenters. The maximum atomic E-state index is 10.7. The number of hydrogen-bond acceptors (Lipinski definition) is 1. The predicted molar refractivity (Wildman–Crippen MR) is 49.5 cm³/mol. The molecule has 1 rings (SSSR count). The van der Waals surface area contributed by atoms with E-state index in [1.54, 1.807) is 0 Å². The lowest BCUT2D eigenvalue weighted by Gasteiger charge is -2.28. The number of primary amides is 1. The van der Waals surface area contributed by atoms with Crippen LogP contribution in [0.1, 0.15) is 33.6 Å². The fourth-order valence-electron chi connectivity index (χ4n) is 1.78. The summed E-state index contributed by atoms with van der Waals surface area (Å²) in [5.41, 5.74) is 6.72. The molecule has 1 aliphatic rings. The lowest BCUT2D eigenvalue weighted by molar-refractivity contribution is -0.119. The Morgan fingerprint density at radius 3 is 2.67 bits per heavy atom. The zero-order valence-corrected chi connectivity index (χ0v) is 8.05. The Labute approximate surface area is 73.8 Å². The van der Waals surface area contributed by atoms with Gasteiger partial charge in [0.05, 0.1) is 0 Å². The van der Waals surface area contributed by atoms with Gasteiger partial charge in [0.15, 0.2) is 0 Å². The van der Waals surface area contributed by atoms with E-state index < -0.39 is 0 Å². The van der Waals surface area contributed by atoms with Crippen LogP contribution in [0.5, 0.6) is 0 Å². The van der Waals surface area contributed by atoms with Crippen molar-refractivity contribution in [1.82, 2.24) is 0 Å². The highest BCUT2D eigenvalue weighted by molar-refractivity contribution is 5.74. The summed E-state index contributed by atoms with van der Waals surface area (Å²) in [6.07, 6.45) is 3.73. The number of nitrogens with two attached hydrogens (primary N) is 1. The van der Waals surface area contributed by atoms with Crippen LogP contribution >= 0.6 is 0 Å². The second-order valence-corrected chi connectivity index (χ2v) is 4.21. The minimum atomic E-state index is -0.184. The summed E-state index contributed by atoms with van der Waals surface area (Å²) in [5.74, 6) is 0.228. The minimum Gasteiger partial charge on any atom is -0.370 e. The molecule has 12 heavy (non-hydrogen) atoms. The summed E-state index contributed by atoms with van der Waals surface area (Å²) in [6.45, 7) is 6.49. The molecule has 0 spiro atoms. The van der Waals surface area contributed by atoms with Crippen LogP contribution in [-0.2, 0) is 4.79 Å². The van der Waals surface area contributed by atoms with E-state index in [2.05, 4.69) is 26.8 Å². The standard InChI is InChI=1S/C10H17NO/c1-7-4-5-8(6-9(11)12)10(7,2)3/h4,8H,5-6H2,1-3H3,(H2,11,12). The lowest BCUT2D eigenvalue weighted by Crippen LogP contribution is -2.25. The first-order valence-corrected chi connectivity index (χ1v) is 4.40. The van der Waals surface area contributed by atoms with Gasteiger partial charge in [-0.2, -0.15) is 0 Å². The average Bonchev–Trinajstić information content (AvgIpc) is 2.15. The maximum Gasteiger partial charge on any atom is 0.217 e. The Kier molecular flexibility index (Phi) is 2.27. The average molecular weight is 167 g/mol. The van der Waals surface area contributed by atoms with Crippen molar-refractivity contribution >= 4 is 5.91 Å². The van der Waals surface area contributed by atoms with Crippen molar-refractivity contribution in [1.29, 1.82) is 0 Å². The molecule has 1 aliphatic carbocycles. The zero-order chi connectivity index (χ0) is 9.35. The molecule has 0 saturated carbocycles. The fraction of sp³-hybridized carbons (Fsp3) is 0.700. The van der Waals surface area contributed by atoms with Crippen LogP contribution in [0, 0.1) is 11.3 Å². The third-order valence-electron chi connectivity index (χ3n) is 3.19. The van der Waals surface area contributed by atoms with E-state index >= 15 is 0 Å². The van der Waals surface area contributed by atoms with Gasteiger partial charge in [-0.05, 0) is 24.7 Å². The molecule has 0 saturated heterocycles. The molecular weight excluding hydrogens is 150 g/mol. The van der Waals surface area contributed by atoms with Gasteiger partial charge in [0, 0.05) is 6.42 Å². The molecule has 0 radical (unpaired) electrons. The summed E-state index contributed by atoms with van der Waals surface area (Å²) in [5, 5.41) is 0. The molecule has 0 aromatic heterocycles. The van der Waals surface area contributed by atoms with Crippen molar-refractivity contribution in [3.8, 4) is 0 Å². The van der Waals surface area contributed by atoms with Crippen LogP contribution < -0.4 is 5.73 Å². The first-order chi connectivity index (χ1) is 5.44. The molecule has 0 bridgehead atoms. The third kappa shape index (κ3) is 1.52. The molecular formula is C10H17NO. The third-order valence-corrected chi connectivity index (χ3v) is 3.19. The largest absolute Gasteiger partial charge is 0.370 e. The summed E-state index contributed by atoms with van der Waals surface area (Å²) in [4.78, 5) is 10.7. The number of hydrogen-bond donors (Lipinski definition) is 1. The van der Waals surface area contributed by atoms with Gasteiger partial charge >= 0.3 is 0 Å². The fourth-order valence-corrected chi connectivity index (χ4v) is 1.78. The summed E-state index contributed by atoms with van der Waals surface area (Å²) < 4.78 is 0.